The summed E-state index contributed by atoms with van der Waals surface area (Å²) < 4.78 is 6.26. The number of halogens is 2. The van der Waals surface area contributed by atoms with Crippen LogP contribution in [0.5, 0.6) is 5.75 Å². The van der Waals surface area contributed by atoms with Crippen molar-refractivity contribution in [2.24, 2.45) is 0 Å². The molecule has 0 spiro atoms. The van der Waals surface area contributed by atoms with Gasteiger partial charge in [-0.15, -0.1) is 0 Å². The highest BCUT2D eigenvalue weighted by molar-refractivity contribution is 9.10. The molecule has 0 unspecified atom stereocenters. The number of methoxy groups -OCH3 is 1. The molecular formula is C14H13BrClNO. The molecule has 4 heteroatoms. The van der Waals surface area contributed by atoms with Gasteiger partial charge in [0.25, 0.3) is 0 Å². The Balaban J connectivity index is 2.06. The first-order valence-electron chi connectivity index (χ1n) is 5.51. The zero-order valence-electron chi connectivity index (χ0n) is 9.91. The maximum Gasteiger partial charge on any atom is 0.139 e. The monoisotopic (exact) mass is 325 g/mol. The molecule has 0 aromatic heterocycles. The van der Waals surface area contributed by atoms with Crippen LogP contribution in [0, 0.1) is 0 Å². The zero-order valence-corrected chi connectivity index (χ0v) is 12.3. The Morgan fingerprint density at radius 1 is 1.22 bits per heavy atom. The van der Waals surface area contributed by atoms with Crippen LogP contribution >= 0.6 is 27.5 Å². The van der Waals surface area contributed by atoms with Crippen LogP contribution in [-0.4, -0.2) is 7.11 Å². The predicted octanol–water partition coefficient (Wildman–Crippen LogP) is 4.72. The fourth-order valence-electron chi connectivity index (χ4n) is 1.62. The van der Waals surface area contributed by atoms with E-state index in [0.717, 1.165) is 16.7 Å². The number of nitrogens with one attached hydrogen (secondary N) is 1. The van der Waals surface area contributed by atoms with E-state index >= 15 is 0 Å². The molecule has 0 aliphatic carbocycles. The van der Waals surface area contributed by atoms with Gasteiger partial charge in [-0.3, -0.25) is 0 Å². The van der Waals surface area contributed by atoms with Gasteiger partial charge < -0.3 is 10.1 Å². The van der Waals surface area contributed by atoms with Crippen LogP contribution in [0.25, 0.3) is 0 Å². The van der Waals surface area contributed by atoms with Crippen LogP contribution in [-0.2, 0) is 6.54 Å². The van der Waals surface area contributed by atoms with Gasteiger partial charge in [0.2, 0.25) is 0 Å². The van der Waals surface area contributed by atoms with Gasteiger partial charge in [0.05, 0.1) is 12.1 Å². The molecular weight excluding hydrogens is 314 g/mol. The van der Waals surface area contributed by atoms with E-state index in [-0.39, 0.29) is 0 Å². The highest BCUT2D eigenvalue weighted by atomic mass is 79.9. The van der Waals surface area contributed by atoms with Crippen molar-refractivity contribution in [2.45, 2.75) is 6.54 Å². The predicted molar refractivity (Wildman–Crippen MR) is 79.5 cm³/mol. The van der Waals surface area contributed by atoms with Gasteiger partial charge in [-0.25, -0.2) is 0 Å². The lowest BCUT2D eigenvalue weighted by molar-refractivity contribution is 0.415. The Labute approximate surface area is 120 Å². The van der Waals surface area contributed by atoms with Crippen LogP contribution in [0.15, 0.2) is 46.9 Å². The van der Waals surface area contributed by atoms with Crippen molar-refractivity contribution in [3.05, 3.63) is 57.5 Å². The van der Waals surface area contributed by atoms with E-state index in [1.807, 2.05) is 30.3 Å². The van der Waals surface area contributed by atoms with Crippen molar-refractivity contribution in [1.82, 2.24) is 0 Å². The van der Waals surface area contributed by atoms with Gasteiger partial charge in [0, 0.05) is 22.8 Å². The molecule has 0 aliphatic rings. The Morgan fingerprint density at radius 2 is 2.06 bits per heavy atom. The minimum absolute atomic E-state index is 0.616. The summed E-state index contributed by atoms with van der Waals surface area (Å²) in [5.74, 6) is 0.677. The SMILES string of the molecule is COc1cc(NCc2cccc(Br)c2)ccc1Cl. The summed E-state index contributed by atoms with van der Waals surface area (Å²) in [6.07, 6.45) is 0. The van der Waals surface area contributed by atoms with Crippen LogP contribution in [0.4, 0.5) is 5.69 Å². The maximum atomic E-state index is 5.98. The van der Waals surface area contributed by atoms with E-state index in [1.54, 1.807) is 7.11 Å². The lowest BCUT2D eigenvalue weighted by Gasteiger charge is -2.09. The normalized spacial score (nSPS) is 10.2. The van der Waals surface area contributed by atoms with Gasteiger partial charge >= 0.3 is 0 Å². The quantitative estimate of drug-likeness (QED) is 0.877. The fraction of sp³-hybridized carbons (Fsp3) is 0.143. The molecule has 94 valence electrons. The molecule has 0 amide bonds. The zero-order chi connectivity index (χ0) is 13.0. The van der Waals surface area contributed by atoms with Crippen molar-refractivity contribution in [3.8, 4) is 5.75 Å². The third-order valence-electron chi connectivity index (χ3n) is 2.54. The largest absolute Gasteiger partial charge is 0.495 e. The molecule has 0 aliphatic heterocycles. The standard InChI is InChI=1S/C14H13BrClNO/c1-18-14-8-12(5-6-13(14)16)17-9-10-3-2-4-11(15)7-10/h2-8,17H,9H2,1H3. The minimum Gasteiger partial charge on any atom is -0.495 e. The van der Waals surface area contributed by atoms with Crippen LogP contribution < -0.4 is 10.1 Å². The lowest BCUT2D eigenvalue weighted by Crippen LogP contribution is -1.99. The number of rotatable bonds is 4. The van der Waals surface area contributed by atoms with Crippen molar-refractivity contribution in [2.75, 3.05) is 12.4 Å². The van der Waals surface area contributed by atoms with E-state index in [2.05, 4.69) is 33.4 Å². The summed E-state index contributed by atoms with van der Waals surface area (Å²) in [5.41, 5.74) is 2.19. The molecule has 0 fully saturated rings. The molecule has 0 bridgehead atoms. The van der Waals surface area contributed by atoms with Crippen molar-refractivity contribution < 1.29 is 4.74 Å². The highest BCUT2D eigenvalue weighted by Gasteiger charge is 2.01. The van der Waals surface area contributed by atoms with Crippen LogP contribution in [0.2, 0.25) is 5.02 Å². The maximum absolute atomic E-state index is 5.98. The Morgan fingerprint density at radius 3 is 2.78 bits per heavy atom. The second-order valence-corrected chi connectivity index (χ2v) is 5.16. The number of hydrogen-bond donors (Lipinski definition) is 1. The minimum atomic E-state index is 0.616. The third-order valence-corrected chi connectivity index (χ3v) is 3.34. The topological polar surface area (TPSA) is 21.3 Å². The first-order chi connectivity index (χ1) is 8.69. The van der Waals surface area contributed by atoms with E-state index in [1.165, 1.54) is 5.56 Å². The first-order valence-corrected chi connectivity index (χ1v) is 6.68. The second kappa shape index (κ2) is 6.12. The molecule has 0 heterocycles. The Kier molecular flexibility index (Phi) is 4.50. The highest BCUT2D eigenvalue weighted by Crippen LogP contribution is 2.27. The molecule has 0 saturated carbocycles. The number of hydrogen-bond acceptors (Lipinski definition) is 2. The van der Waals surface area contributed by atoms with E-state index in [9.17, 15) is 0 Å². The summed E-state index contributed by atoms with van der Waals surface area (Å²) in [7, 11) is 1.61. The summed E-state index contributed by atoms with van der Waals surface area (Å²) in [5, 5.41) is 3.95. The van der Waals surface area contributed by atoms with E-state index < -0.39 is 0 Å². The molecule has 0 radical (unpaired) electrons. The fourth-order valence-corrected chi connectivity index (χ4v) is 2.26. The number of benzene rings is 2. The van der Waals surface area contributed by atoms with E-state index in [4.69, 9.17) is 16.3 Å². The number of anilines is 1. The molecule has 2 nitrogen and oxygen atoms in total. The van der Waals surface area contributed by atoms with Crippen molar-refractivity contribution in [3.63, 3.8) is 0 Å². The molecule has 2 aromatic rings. The molecule has 2 rings (SSSR count). The summed E-state index contributed by atoms with van der Waals surface area (Å²) in [4.78, 5) is 0. The summed E-state index contributed by atoms with van der Waals surface area (Å²) in [6, 6.07) is 13.8. The van der Waals surface area contributed by atoms with Crippen LogP contribution in [0.1, 0.15) is 5.56 Å². The van der Waals surface area contributed by atoms with Gasteiger partial charge in [0.1, 0.15) is 5.75 Å². The van der Waals surface area contributed by atoms with Crippen LogP contribution in [0.3, 0.4) is 0 Å². The third kappa shape index (κ3) is 3.40. The Hall–Kier alpha value is -1.19. The average Bonchev–Trinajstić information content (AvgIpc) is 2.38. The smallest absolute Gasteiger partial charge is 0.139 e. The summed E-state index contributed by atoms with van der Waals surface area (Å²) >= 11 is 9.43. The summed E-state index contributed by atoms with van der Waals surface area (Å²) in [6.45, 7) is 0.754. The first kappa shape index (κ1) is 13.2. The van der Waals surface area contributed by atoms with E-state index in [0.29, 0.717) is 10.8 Å². The van der Waals surface area contributed by atoms with Crippen molar-refractivity contribution >= 4 is 33.2 Å². The lowest BCUT2D eigenvalue weighted by atomic mass is 10.2. The van der Waals surface area contributed by atoms with Gasteiger partial charge in [-0.05, 0) is 29.8 Å². The molecule has 18 heavy (non-hydrogen) atoms. The second-order valence-electron chi connectivity index (χ2n) is 3.83. The molecule has 0 atom stereocenters. The number of ether oxygens (including phenoxy) is 1. The van der Waals surface area contributed by atoms with Gasteiger partial charge in [0.15, 0.2) is 0 Å². The van der Waals surface area contributed by atoms with Crippen molar-refractivity contribution in [1.29, 1.82) is 0 Å². The molecule has 2 aromatic carbocycles. The Bertz CT molecular complexity index is 545. The van der Waals surface area contributed by atoms with Gasteiger partial charge in [-0.1, -0.05) is 39.7 Å². The average molecular weight is 327 g/mol. The molecule has 1 N–H and O–H groups in total. The molecule has 0 saturated heterocycles. The van der Waals surface area contributed by atoms with Gasteiger partial charge in [-0.2, -0.15) is 0 Å².